The van der Waals surface area contributed by atoms with E-state index in [0.717, 1.165) is 25.3 Å². The summed E-state index contributed by atoms with van der Waals surface area (Å²) in [5.74, 6) is 0. The van der Waals surface area contributed by atoms with Crippen molar-refractivity contribution in [2.45, 2.75) is 51.7 Å². The van der Waals surface area contributed by atoms with Gasteiger partial charge < -0.3 is 14.2 Å². The van der Waals surface area contributed by atoms with Gasteiger partial charge in [0.1, 0.15) is 12.4 Å². The summed E-state index contributed by atoms with van der Waals surface area (Å²) in [6.07, 6.45) is 8.07. The minimum Gasteiger partial charge on any atom is -0.371 e. The summed E-state index contributed by atoms with van der Waals surface area (Å²) in [6, 6.07) is 3.38. The molecule has 2 aromatic rings. The van der Waals surface area contributed by atoms with Gasteiger partial charge in [0.15, 0.2) is 0 Å². The summed E-state index contributed by atoms with van der Waals surface area (Å²) in [7, 11) is -1.03. The van der Waals surface area contributed by atoms with Crippen molar-refractivity contribution < 1.29 is 4.74 Å². The first-order valence-electron chi connectivity index (χ1n) is 8.92. The van der Waals surface area contributed by atoms with Crippen LogP contribution in [0.1, 0.15) is 19.3 Å². The lowest BCUT2D eigenvalue weighted by molar-refractivity contribution is 0.0898. The molecule has 0 N–H and O–H groups in total. The lowest BCUT2D eigenvalue weighted by atomic mass is 10.1. The number of fused-ring (bicyclic) bond motifs is 1. The van der Waals surface area contributed by atoms with Crippen LogP contribution in [0.2, 0.25) is 25.7 Å². The SMILES string of the molecule is C[Si](C)(C)CCOCn1cc(I)c2c(N3CCCCC3)ccnc21. The summed E-state index contributed by atoms with van der Waals surface area (Å²) < 4.78 is 9.37. The largest absolute Gasteiger partial charge is 0.371 e. The number of aromatic nitrogens is 2. The Morgan fingerprint density at radius 2 is 1.96 bits per heavy atom. The number of pyridine rings is 1. The zero-order valence-corrected chi connectivity index (χ0v) is 18.2. The lowest BCUT2D eigenvalue weighted by Crippen LogP contribution is -2.29. The van der Waals surface area contributed by atoms with E-state index in [9.17, 15) is 0 Å². The van der Waals surface area contributed by atoms with Gasteiger partial charge >= 0.3 is 0 Å². The number of hydrogen-bond acceptors (Lipinski definition) is 3. The fraction of sp³-hybridized carbons (Fsp3) is 0.611. The van der Waals surface area contributed by atoms with Gasteiger partial charge in [0.25, 0.3) is 0 Å². The van der Waals surface area contributed by atoms with Crippen LogP contribution in [0.15, 0.2) is 18.5 Å². The number of halogens is 1. The van der Waals surface area contributed by atoms with Gasteiger partial charge in [-0.15, -0.1) is 0 Å². The van der Waals surface area contributed by atoms with E-state index < -0.39 is 8.07 Å². The first-order chi connectivity index (χ1) is 11.5. The maximum atomic E-state index is 5.94. The Labute approximate surface area is 159 Å². The topological polar surface area (TPSA) is 30.3 Å². The lowest BCUT2D eigenvalue weighted by Gasteiger charge is -2.29. The fourth-order valence-electron chi connectivity index (χ4n) is 3.19. The summed E-state index contributed by atoms with van der Waals surface area (Å²) >= 11 is 2.44. The average Bonchev–Trinajstić information content (AvgIpc) is 2.88. The first kappa shape index (κ1) is 18.2. The van der Waals surface area contributed by atoms with Gasteiger partial charge in [-0.2, -0.15) is 0 Å². The van der Waals surface area contributed by atoms with Crippen LogP contribution < -0.4 is 4.90 Å². The molecule has 0 atom stereocenters. The standard InChI is InChI=1S/C18H28IN3OSi/c1-24(2,3)12-11-23-14-22-13-15(19)17-16(7-8-20-18(17)22)21-9-5-4-6-10-21/h7-8,13H,4-6,9-12,14H2,1-3H3. The monoisotopic (exact) mass is 457 g/mol. The van der Waals surface area contributed by atoms with Crippen LogP contribution in [0.3, 0.4) is 0 Å². The number of ether oxygens (including phenoxy) is 1. The van der Waals surface area contributed by atoms with Crippen molar-refractivity contribution in [2.75, 3.05) is 24.6 Å². The predicted molar refractivity (Wildman–Crippen MR) is 113 cm³/mol. The zero-order valence-electron chi connectivity index (χ0n) is 15.0. The number of nitrogens with zero attached hydrogens (tertiary/aromatic N) is 3. The van der Waals surface area contributed by atoms with Crippen LogP contribution >= 0.6 is 22.6 Å². The molecular formula is C18H28IN3OSi. The minimum atomic E-state index is -1.03. The molecule has 3 heterocycles. The Morgan fingerprint density at radius 3 is 2.67 bits per heavy atom. The Hall–Kier alpha value is -0.603. The molecule has 0 bridgehead atoms. The molecule has 1 aliphatic rings. The number of piperidine rings is 1. The number of hydrogen-bond donors (Lipinski definition) is 0. The van der Waals surface area contributed by atoms with Gasteiger partial charge in [0, 0.05) is 43.7 Å². The molecule has 2 aromatic heterocycles. The molecule has 4 nitrogen and oxygen atoms in total. The first-order valence-corrected chi connectivity index (χ1v) is 13.7. The van der Waals surface area contributed by atoms with E-state index in [1.165, 1.54) is 40.0 Å². The molecule has 0 unspecified atom stereocenters. The molecule has 1 aliphatic heterocycles. The highest BCUT2D eigenvalue weighted by Crippen LogP contribution is 2.32. The smallest absolute Gasteiger partial charge is 0.144 e. The van der Waals surface area contributed by atoms with Crippen molar-refractivity contribution in [3.8, 4) is 0 Å². The maximum absolute atomic E-state index is 5.94. The Kier molecular flexibility index (Phi) is 5.87. The number of anilines is 1. The van der Waals surface area contributed by atoms with Crippen molar-refractivity contribution in [3.05, 3.63) is 22.0 Å². The second kappa shape index (κ2) is 7.74. The summed E-state index contributed by atoms with van der Waals surface area (Å²) in [4.78, 5) is 7.17. The van der Waals surface area contributed by atoms with Crippen LogP contribution in [0.25, 0.3) is 11.0 Å². The van der Waals surface area contributed by atoms with Crippen molar-refractivity contribution in [2.24, 2.45) is 0 Å². The van der Waals surface area contributed by atoms with Gasteiger partial charge in [-0.05, 0) is 54.0 Å². The van der Waals surface area contributed by atoms with E-state index in [-0.39, 0.29) is 0 Å². The van der Waals surface area contributed by atoms with Crippen molar-refractivity contribution in [1.82, 2.24) is 9.55 Å². The molecule has 6 heteroatoms. The molecule has 0 spiro atoms. The van der Waals surface area contributed by atoms with Crippen molar-refractivity contribution >= 4 is 47.4 Å². The minimum absolute atomic E-state index is 0.598. The fourth-order valence-corrected chi connectivity index (χ4v) is 4.80. The van der Waals surface area contributed by atoms with E-state index >= 15 is 0 Å². The van der Waals surface area contributed by atoms with Gasteiger partial charge in [0.2, 0.25) is 0 Å². The molecule has 0 amide bonds. The second-order valence-electron chi connectivity index (χ2n) is 7.87. The summed E-state index contributed by atoms with van der Waals surface area (Å²) in [5, 5.41) is 1.29. The van der Waals surface area contributed by atoms with E-state index in [0.29, 0.717) is 6.73 Å². The van der Waals surface area contributed by atoms with Crippen LogP contribution in [0, 0.1) is 3.57 Å². The van der Waals surface area contributed by atoms with Gasteiger partial charge in [-0.25, -0.2) is 4.98 Å². The highest BCUT2D eigenvalue weighted by atomic mass is 127. The third-order valence-corrected chi connectivity index (χ3v) is 7.13. The van der Waals surface area contributed by atoms with E-state index in [1.807, 2.05) is 6.20 Å². The third-order valence-electron chi connectivity index (χ3n) is 4.61. The summed E-state index contributed by atoms with van der Waals surface area (Å²) in [5.41, 5.74) is 2.39. The molecule has 0 saturated carbocycles. The van der Waals surface area contributed by atoms with Crippen molar-refractivity contribution in [1.29, 1.82) is 0 Å². The molecule has 1 saturated heterocycles. The molecule has 132 valence electrons. The van der Waals surface area contributed by atoms with Crippen LogP contribution in [0.5, 0.6) is 0 Å². The van der Waals surface area contributed by atoms with E-state index in [4.69, 9.17) is 4.74 Å². The van der Waals surface area contributed by atoms with Gasteiger partial charge in [-0.3, -0.25) is 0 Å². The average molecular weight is 457 g/mol. The Morgan fingerprint density at radius 1 is 1.21 bits per heavy atom. The molecule has 3 rings (SSSR count). The quantitative estimate of drug-likeness (QED) is 0.350. The van der Waals surface area contributed by atoms with Crippen LogP contribution in [-0.4, -0.2) is 37.3 Å². The van der Waals surface area contributed by atoms with Crippen molar-refractivity contribution in [3.63, 3.8) is 0 Å². The third kappa shape index (κ3) is 4.32. The van der Waals surface area contributed by atoms with Crippen LogP contribution in [-0.2, 0) is 11.5 Å². The van der Waals surface area contributed by atoms with Crippen LogP contribution in [0.4, 0.5) is 5.69 Å². The Balaban J connectivity index is 1.78. The highest BCUT2D eigenvalue weighted by molar-refractivity contribution is 14.1. The van der Waals surface area contributed by atoms with Gasteiger partial charge in [-0.1, -0.05) is 19.6 Å². The number of rotatable bonds is 6. The molecule has 1 fully saturated rings. The molecular weight excluding hydrogens is 429 g/mol. The predicted octanol–water partition coefficient (Wildman–Crippen LogP) is 4.94. The molecule has 0 radical (unpaired) electrons. The second-order valence-corrected chi connectivity index (χ2v) is 14.7. The molecule has 24 heavy (non-hydrogen) atoms. The molecule has 0 aromatic carbocycles. The maximum Gasteiger partial charge on any atom is 0.144 e. The normalized spacial score (nSPS) is 16.1. The summed E-state index contributed by atoms with van der Waals surface area (Å²) in [6.45, 7) is 10.9. The Bertz CT molecular complexity index is 689. The van der Waals surface area contributed by atoms with E-state index in [2.05, 4.69) is 68.9 Å². The van der Waals surface area contributed by atoms with Gasteiger partial charge in [0.05, 0.1) is 11.1 Å². The van der Waals surface area contributed by atoms with E-state index in [1.54, 1.807) is 0 Å². The molecule has 0 aliphatic carbocycles. The highest BCUT2D eigenvalue weighted by Gasteiger charge is 2.18. The zero-order chi connectivity index (χ0) is 17.2.